The number of alkyl halides is 3. The lowest BCUT2D eigenvalue weighted by atomic mass is 9.90. The monoisotopic (exact) mass is 273 g/mol. The molecule has 0 aromatic heterocycles. The number of fused-ring (bicyclic) bond motifs is 1. The molecule has 18 heavy (non-hydrogen) atoms. The molecule has 0 aliphatic carbocycles. The van der Waals surface area contributed by atoms with Gasteiger partial charge in [0.15, 0.2) is 5.88 Å². The van der Waals surface area contributed by atoms with Gasteiger partial charge in [0, 0.05) is 16.3 Å². The third-order valence-electron chi connectivity index (χ3n) is 2.51. The number of rotatable bonds is 0. The Labute approximate surface area is 106 Å². The van der Waals surface area contributed by atoms with Crippen LogP contribution >= 0.6 is 11.6 Å². The summed E-state index contributed by atoms with van der Waals surface area (Å²) in [5.41, 5.74) is -2.95. The summed E-state index contributed by atoms with van der Waals surface area (Å²) in [4.78, 5) is 0. The number of hydrogen-bond acceptors (Lipinski definition) is 2. The van der Waals surface area contributed by atoms with Crippen molar-refractivity contribution in [2.75, 3.05) is 5.32 Å². The van der Waals surface area contributed by atoms with Crippen LogP contribution in [0, 0.1) is 12.3 Å². The lowest BCUT2D eigenvalue weighted by Gasteiger charge is -2.37. The maximum Gasteiger partial charge on any atom is 0.445 e. The normalized spacial score (nSPS) is 22.5. The van der Waals surface area contributed by atoms with Gasteiger partial charge in [0.2, 0.25) is 0 Å². The minimum atomic E-state index is -4.79. The molecule has 0 spiro atoms. The second-order valence-corrected chi connectivity index (χ2v) is 4.10. The summed E-state index contributed by atoms with van der Waals surface area (Å²) in [7, 11) is 0. The number of terminal acetylenes is 1. The van der Waals surface area contributed by atoms with Crippen molar-refractivity contribution in [2.45, 2.75) is 11.8 Å². The Morgan fingerprint density at radius 1 is 1.44 bits per heavy atom. The molecule has 0 bridgehead atoms. The Kier molecular flexibility index (Phi) is 2.71. The molecule has 6 heteroatoms. The van der Waals surface area contributed by atoms with Crippen molar-refractivity contribution in [3.05, 3.63) is 41.2 Å². The lowest BCUT2D eigenvalue weighted by molar-refractivity contribution is -0.247. The van der Waals surface area contributed by atoms with E-state index in [1.54, 1.807) is 5.92 Å². The molecular formula is C12H7ClF3NO. The van der Waals surface area contributed by atoms with E-state index in [1.165, 1.54) is 12.1 Å². The second-order valence-electron chi connectivity index (χ2n) is 3.66. The first-order valence-electron chi connectivity index (χ1n) is 4.79. The first-order chi connectivity index (χ1) is 8.30. The van der Waals surface area contributed by atoms with Crippen LogP contribution in [-0.4, -0.2) is 6.18 Å². The van der Waals surface area contributed by atoms with E-state index in [-0.39, 0.29) is 22.2 Å². The standard InChI is InChI=1S/C12H7ClF3NO/c1-3-11(12(14,15)16)9-6-8(13)4-5-10(9)17-7(2)18-11/h1,4-6,17H,2H2. The van der Waals surface area contributed by atoms with Crippen molar-refractivity contribution in [1.82, 2.24) is 0 Å². The molecular weight excluding hydrogens is 267 g/mol. The van der Waals surface area contributed by atoms with E-state index in [0.717, 1.165) is 6.07 Å². The van der Waals surface area contributed by atoms with Crippen LogP contribution < -0.4 is 5.32 Å². The molecule has 2 nitrogen and oxygen atoms in total. The van der Waals surface area contributed by atoms with Gasteiger partial charge in [-0.25, -0.2) is 0 Å². The first kappa shape index (κ1) is 12.7. The van der Waals surface area contributed by atoms with E-state index in [2.05, 4.69) is 11.9 Å². The number of ether oxygens (including phenoxy) is 1. The fraction of sp³-hybridized carbons (Fsp3) is 0.167. The highest BCUT2D eigenvalue weighted by atomic mass is 35.5. The van der Waals surface area contributed by atoms with Crippen LogP contribution in [0.1, 0.15) is 5.56 Å². The molecule has 0 fully saturated rings. The van der Waals surface area contributed by atoms with Crippen molar-refractivity contribution in [1.29, 1.82) is 0 Å². The summed E-state index contributed by atoms with van der Waals surface area (Å²) >= 11 is 5.71. The minimum Gasteiger partial charge on any atom is -0.446 e. The number of anilines is 1. The summed E-state index contributed by atoms with van der Waals surface area (Å²) in [5.74, 6) is 1.40. The van der Waals surface area contributed by atoms with Crippen LogP contribution in [0.15, 0.2) is 30.7 Å². The molecule has 2 rings (SSSR count). The number of nitrogens with one attached hydrogen (secondary N) is 1. The van der Waals surface area contributed by atoms with Gasteiger partial charge in [-0.2, -0.15) is 13.2 Å². The summed E-state index contributed by atoms with van der Waals surface area (Å²) in [6, 6.07) is 3.97. The molecule has 0 amide bonds. The zero-order chi connectivity index (χ0) is 13.6. The van der Waals surface area contributed by atoms with Crippen LogP contribution in [0.2, 0.25) is 5.02 Å². The summed E-state index contributed by atoms with van der Waals surface area (Å²) in [5, 5.41) is 2.71. The van der Waals surface area contributed by atoms with Gasteiger partial charge in [-0.1, -0.05) is 11.6 Å². The van der Waals surface area contributed by atoms with Crippen molar-refractivity contribution in [3.8, 4) is 12.3 Å². The Balaban J connectivity index is 2.75. The van der Waals surface area contributed by atoms with Crippen LogP contribution in [0.5, 0.6) is 0 Å². The highest BCUT2D eigenvalue weighted by Gasteiger charge is 2.60. The number of hydrogen-bond donors (Lipinski definition) is 1. The molecule has 1 unspecified atom stereocenters. The van der Waals surface area contributed by atoms with Gasteiger partial charge < -0.3 is 10.1 Å². The fourth-order valence-corrected chi connectivity index (χ4v) is 1.90. The van der Waals surface area contributed by atoms with Crippen molar-refractivity contribution < 1.29 is 17.9 Å². The molecule has 1 aromatic rings. The molecule has 94 valence electrons. The molecule has 1 N–H and O–H groups in total. The Bertz CT molecular complexity index is 561. The Hall–Kier alpha value is -1.80. The average molecular weight is 274 g/mol. The average Bonchev–Trinajstić information content (AvgIpc) is 2.27. The predicted octanol–water partition coefficient (Wildman–Crippen LogP) is 3.64. The summed E-state index contributed by atoms with van der Waals surface area (Å²) < 4.78 is 44.3. The van der Waals surface area contributed by atoms with E-state index < -0.39 is 11.8 Å². The summed E-state index contributed by atoms with van der Waals surface area (Å²) in [6.45, 7) is 3.33. The lowest BCUT2D eigenvalue weighted by Crippen LogP contribution is -2.46. The largest absolute Gasteiger partial charge is 0.446 e. The predicted molar refractivity (Wildman–Crippen MR) is 61.9 cm³/mol. The highest BCUT2D eigenvalue weighted by Crippen LogP contribution is 2.48. The van der Waals surface area contributed by atoms with Crippen molar-refractivity contribution in [3.63, 3.8) is 0 Å². The third kappa shape index (κ3) is 1.70. The van der Waals surface area contributed by atoms with Gasteiger partial charge in [-0.3, -0.25) is 0 Å². The van der Waals surface area contributed by atoms with E-state index in [0.29, 0.717) is 0 Å². The quantitative estimate of drug-likeness (QED) is 0.729. The molecule has 1 aliphatic rings. The molecule has 1 aliphatic heterocycles. The van der Waals surface area contributed by atoms with Crippen LogP contribution in [-0.2, 0) is 10.3 Å². The van der Waals surface area contributed by atoms with E-state index in [4.69, 9.17) is 22.8 Å². The molecule has 1 atom stereocenters. The Morgan fingerprint density at radius 3 is 2.67 bits per heavy atom. The number of benzene rings is 1. The molecule has 0 saturated heterocycles. The number of halogens is 4. The molecule has 1 heterocycles. The van der Waals surface area contributed by atoms with Crippen LogP contribution in [0.25, 0.3) is 0 Å². The first-order valence-corrected chi connectivity index (χ1v) is 5.17. The van der Waals surface area contributed by atoms with Crippen molar-refractivity contribution in [2.24, 2.45) is 0 Å². The topological polar surface area (TPSA) is 21.3 Å². The van der Waals surface area contributed by atoms with Gasteiger partial charge in [0.1, 0.15) is 0 Å². The van der Waals surface area contributed by atoms with Gasteiger partial charge in [0.05, 0.1) is 0 Å². The molecule has 0 saturated carbocycles. The minimum absolute atomic E-state index is 0.135. The maximum absolute atomic E-state index is 13.2. The second kappa shape index (κ2) is 3.85. The van der Waals surface area contributed by atoms with Gasteiger partial charge in [-0.15, -0.1) is 6.42 Å². The van der Waals surface area contributed by atoms with Gasteiger partial charge >= 0.3 is 6.18 Å². The van der Waals surface area contributed by atoms with Gasteiger partial charge in [0.25, 0.3) is 5.60 Å². The molecule has 1 aromatic carbocycles. The van der Waals surface area contributed by atoms with Gasteiger partial charge in [-0.05, 0) is 30.7 Å². The van der Waals surface area contributed by atoms with Crippen molar-refractivity contribution >= 4 is 17.3 Å². The fourth-order valence-electron chi connectivity index (χ4n) is 1.73. The van der Waals surface area contributed by atoms with Crippen LogP contribution in [0.4, 0.5) is 18.9 Å². The maximum atomic E-state index is 13.2. The smallest absolute Gasteiger partial charge is 0.445 e. The zero-order valence-corrected chi connectivity index (χ0v) is 9.69. The Morgan fingerprint density at radius 2 is 2.11 bits per heavy atom. The van der Waals surface area contributed by atoms with E-state index in [9.17, 15) is 13.2 Å². The third-order valence-corrected chi connectivity index (χ3v) is 2.75. The molecule has 0 radical (unpaired) electrons. The van der Waals surface area contributed by atoms with E-state index in [1.807, 2.05) is 0 Å². The zero-order valence-electron chi connectivity index (χ0n) is 8.94. The van der Waals surface area contributed by atoms with E-state index >= 15 is 0 Å². The SMILES string of the molecule is C#CC1(C(F)(F)F)OC(=C)Nc2ccc(Cl)cc21. The van der Waals surface area contributed by atoms with Crippen LogP contribution in [0.3, 0.4) is 0 Å². The summed E-state index contributed by atoms with van der Waals surface area (Å²) in [6.07, 6.45) is 0.259. The highest BCUT2D eigenvalue weighted by molar-refractivity contribution is 6.30.